The highest BCUT2D eigenvalue weighted by molar-refractivity contribution is 14.1. The zero-order valence-electron chi connectivity index (χ0n) is 8.95. The number of phenols is 1. The Balaban J connectivity index is 2.09. The molecule has 2 N–H and O–H groups in total. The molecule has 0 spiro atoms. The molecule has 2 nitrogen and oxygen atoms in total. The molecule has 17 heavy (non-hydrogen) atoms. The summed E-state index contributed by atoms with van der Waals surface area (Å²) in [5, 5.41) is 12.7. The summed E-state index contributed by atoms with van der Waals surface area (Å²) >= 11 is 2.22. The number of nitrogens with one attached hydrogen (secondary N) is 1. The van der Waals surface area contributed by atoms with Crippen molar-refractivity contribution in [2.24, 2.45) is 0 Å². The van der Waals surface area contributed by atoms with Crippen LogP contribution in [0.4, 0.5) is 10.1 Å². The fraction of sp³-hybridized carbons (Fsp3) is 0.0769. The topological polar surface area (TPSA) is 32.3 Å². The molecule has 0 aliphatic heterocycles. The maximum atomic E-state index is 13.0. The van der Waals surface area contributed by atoms with Crippen molar-refractivity contribution in [2.75, 3.05) is 5.32 Å². The van der Waals surface area contributed by atoms with E-state index in [1.165, 1.54) is 18.2 Å². The van der Waals surface area contributed by atoms with Crippen LogP contribution in [0.2, 0.25) is 0 Å². The molecule has 0 atom stereocenters. The van der Waals surface area contributed by atoms with Gasteiger partial charge in [0.2, 0.25) is 0 Å². The molecule has 2 aromatic rings. The summed E-state index contributed by atoms with van der Waals surface area (Å²) < 4.78 is 14.1. The van der Waals surface area contributed by atoms with Gasteiger partial charge in [0.05, 0.1) is 0 Å². The Morgan fingerprint density at radius 2 is 2.00 bits per heavy atom. The monoisotopic (exact) mass is 343 g/mol. The van der Waals surface area contributed by atoms with Gasteiger partial charge in [0.1, 0.15) is 11.6 Å². The second-order valence-electron chi connectivity index (χ2n) is 3.64. The quantitative estimate of drug-likeness (QED) is 0.832. The van der Waals surface area contributed by atoms with Crippen LogP contribution in [-0.4, -0.2) is 5.11 Å². The average Bonchev–Trinajstić information content (AvgIpc) is 2.30. The third-order valence-electron chi connectivity index (χ3n) is 2.35. The van der Waals surface area contributed by atoms with Crippen molar-refractivity contribution >= 4 is 28.3 Å². The zero-order chi connectivity index (χ0) is 12.3. The Bertz CT molecular complexity index is 531. The first-order chi connectivity index (χ1) is 8.15. The van der Waals surface area contributed by atoms with Gasteiger partial charge < -0.3 is 10.4 Å². The second-order valence-corrected chi connectivity index (χ2v) is 4.88. The fourth-order valence-corrected chi connectivity index (χ4v) is 2.03. The van der Waals surface area contributed by atoms with E-state index in [9.17, 15) is 9.50 Å². The Morgan fingerprint density at radius 1 is 1.18 bits per heavy atom. The standard InChI is InChI=1S/C13H11FINO/c14-10-4-5-13(17)9(6-10)8-16-12-3-1-2-11(15)7-12/h1-7,16-17H,8H2. The molecule has 4 heteroatoms. The Hall–Kier alpha value is -1.30. The minimum absolute atomic E-state index is 0.101. The lowest BCUT2D eigenvalue weighted by atomic mass is 10.2. The number of anilines is 1. The van der Waals surface area contributed by atoms with E-state index in [-0.39, 0.29) is 11.6 Å². The van der Waals surface area contributed by atoms with Gasteiger partial charge in [0.25, 0.3) is 0 Å². The van der Waals surface area contributed by atoms with E-state index in [0.29, 0.717) is 12.1 Å². The van der Waals surface area contributed by atoms with Crippen LogP contribution in [0.5, 0.6) is 5.75 Å². The van der Waals surface area contributed by atoms with Crippen molar-refractivity contribution in [2.45, 2.75) is 6.54 Å². The van der Waals surface area contributed by atoms with Gasteiger partial charge in [0, 0.05) is 21.4 Å². The first-order valence-electron chi connectivity index (χ1n) is 5.12. The summed E-state index contributed by atoms with van der Waals surface area (Å²) in [6.45, 7) is 0.393. The van der Waals surface area contributed by atoms with Crippen LogP contribution < -0.4 is 5.32 Å². The van der Waals surface area contributed by atoms with Crippen molar-refractivity contribution in [3.8, 4) is 5.75 Å². The highest BCUT2D eigenvalue weighted by atomic mass is 127. The summed E-state index contributed by atoms with van der Waals surface area (Å²) in [7, 11) is 0. The molecule has 0 unspecified atom stereocenters. The van der Waals surface area contributed by atoms with Crippen LogP contribution in [-0.2, 0) is 6.54 Å². The molecule has 2 aromatic carbocycles. The molecule has 0 aliphatic rings. The lowest BCUT2D eigenvalue weighted by Gasteiger charge is -2.08. The zero-order valence-corrected chi connectivity index (χ0v) is 11.1. The van der Waals surface area contributed by atoms with Crippen LogP contribution in [0, 0.1) is 9.39 Å². The number of halogens is 2. The molecule has 88 valence electrons. The predicted octanol–water partition coefficient (Wildman–Crippen LogP) is 3.75. The van der Waals surface area contributed by atoms with E-state index in [4.69, 9.17) is 0 Å². The van der Waals surface area contributed by atoms with Crippen molar-refractivity contribution in [1.29, 1.82) is 0 Å². The van der Waals surface area contributed by atoms with Crippen LogP contribution in [0.15, 0.2) is 42.5 Å². The summed E-state index contributed by atoms with van der Waals surface area (Å²) in [5.74, 6) is -0.244. The summed E-state index contributed by atoms with van der Waals surface area (Å²) in [6.07, 6.45) is 0. The molecule has 0 aromatic heterocycles. The first-order valence-corrected chi connectivity index (χ1v) is 6.20. The van der Waals surface area contributed by atoms with Crippen LogP contribution in [0.1, 0.15) is 5.56 Å². The molecule has 0 aliphatic carbocycles. The number of phenolic OH excluding ortho intramolecular Hbond substituents is 1. The summed E-state index contributed by atoms with van der Waals surface area (Å²) in [6, 6.07) is 11.8. The van der Waals surface area contributed by atoms with Gasteiger partial charge >= 0.3 is 0 Å². The Morgan fingerprint density at radius 3 is 2.76 bits per heavy atom. The van der Waals surface area contributed by atoms with Gasteiger partial charge in [0.15, 0.2) is 0 Å². The number of aromatic hydroxyl groups is 1. The molecular weight excluding hydrogens is 332 g/mol. The van der Waals surface area contributed by atoms with E-state index < -0.39 is 0 Å². The summed E-state index contributed by atoms with van der Waals surface area (Å²) in [4.78, 5) is 0. The highest BCUT2D eigenvalue weighted by Crippen LogP contribution is 2.20. The normalized spacial score (nSPS) is 10.2. The predicted molar refractivity (Wildman–Crippen MR) is 74.6 cm³/mol. The van der Waals surface area contributed by atoms with Crippen LogP contribution in [0.3, 0.4) is 0 Å². The van der Waals surface area contributed by atoms with Gasteiger partial charge in [-0.15, -0.1) is 0 Å². The third-order valence-corrected chi connectivity index (χ3v) is 3.02. The maximum Gasteiger partial charge on any atom is 0.123 e. The minimum atomic E-state index is -0.345. The second kappa shape index (κ2) is 5.35. The van der Waals surface area contributed by atoms with E-state index >= 15 is 0 Å². The lowest BCUT2D eigenvalue weighted by molar-refractivity contribution is 0.466. The Kier molecular flexibility index (Phi) is 3.83. The van der Waals surface area contributed by atoms with Gasteiger partial charge in [-0.25, -0.2) is 4.39 Å². The number of rotatable bonds is 3. The van der Waals surface area contributed by atoms with E-state index in [2.05, 4.69) is 27.9 Å². The largest absolute Gasteiger partial charge is 0.508 e. The van der Waals surface area contributed by atoms with Gasteiger partial charge in [-0.1, -0.05) is 6.07 Å². The average molecular weight is 343 g/mol. The molecule has 0 saturated heterocycles. The first kappa shape index (κ1) is 12.2. The Labute approximate surface area is 113 Å². The van der Waals surface area contributed by atoms with E-state index in [1.807, 2.05) is 24.3 Å². The lowest BCUT2D eigenvalue weighted by Crippen LogP contribution is -2.00. The van der Waals surface area contributed by atoms with Crippen LogP contribution in [0.25, 0.3) is 0 Å². The van der Waals surface area contributed by atoms with Crippen LogP contribution >= 0.6 is 22.6 Å². The smallest absolute Gasteiger partial charge is 0.123 e. The highest BCUT2D eigenvalue weighted by Gasteiger charge is 2.02. The van der Waals surface area contributed by atoms with Gasteiger partial charge in [-0.3, -0.25) is 0 Å². The number of hydrogen-bond acceptors (Lipinski definition) is 2. The van der Waals surface area contributed by atoms with Crippen molar-refractivity contribution in [1.82, 2.24) is 0 Å². The third kappa shape index (κ3) is 3.33. The summed E-state index contributed by atoms with van der Waals surface area (Å²) in [5.41, 5.74) is 1.49. The van der Waals surface area contributed by atoms with E-state index in [0.717, 1.165) is 9.26 Å². The number of benzene rings is 2. The van der Waals surface area contributed by atoms with Crippen molar-refractivity contribution < 1.29 is 9.50 Å². The number of hydrogen-bond donors (Lipinski definition) is 2. The molecule has 0 heterocycles. The maximum absolute atomic E-state index is 13.0. The van der Waals surface area contributed by atoms with E-state index in [1.54, 1.807) is 0 Å². The van der Waals surface area contributed by atoms with Gasteiger partial charge in [-0.2, -0.15) is 0 Å². The molecule has 2 rings (SSSR count). The molecular formula is C13H11FINO. The molecule has 0 saturated carbocycles. The molecule has 0 bridgehead atoms. The minimum Gasteiger partial charge on any atom is -0.508 e. The van der Waals surface area contributed by atoms with Crippen molar-refractivity contribution in [3.63, 3.8) is 0 Å². The molecule has 0 amide bonds. The van der Waals surface area contributed by atoms with Crippen molar-refractivity contribution in [3.05, 3.63) is 57.4 Å². The van der Waals surface area contributed by atoms with Gasteiger partial charge in [-0.05, 0) is 59.0 Å². The SMILES string of the molecule is Oc1ccc(F)cc1CNc1cccc(I)c1. The molecule has 0 fully saturated rings. The molecule has 0 radical (unpaired) electrons. The fourth-order valence-electron chi connectivity index (χ4n) is 1.49.